The first-order valence-electron chi connectivity index (χ1n) is 8.07. The Hall–Kier alpha value is -1.02. The topological polar surface area (TPSA) is 6.48 Å². The molecule has 1 heterocycles. The van der Waals surface area contributed by atoms with Crippen LogP contribution in [0.15, 0.2) is 18.2 Å². The van der Waals surface area contributed by atoms with Gasteiger partial charge in [-0.25, -0.2) is 0 Å². The molecule has 1 aromatic rings. The van der Waals surface area contributed by atoms with Crippen LogP contribution < -0.4 is 4.90 Å². The van der Waals surface area contributed by atoms with E-state index in [4.69, 9.17) is 0 Å². The number of hydrogen-bond donors (Lipinski definition) is 0. The van der Waals surface area contributed by atoms with Crippen LogP contribution in [-0.2, 0) is 6.42 Å². The number of nitrogens with zero attached hydrogens (tertiary/aromatic N) is 2. The predicted molar refractivity (Wildman–Crippen MR) is 88.8 cm³/mol. The van der Waals surface area contributed by atoms with Crippen LogP contribution in [0.4, 0.5) is 5.69 Å². The quantitative estimate of drug-likeness (QED) is 0.821. The molecule has 2 heteroatoms. The summed E-state index contributed by atoms with van der Waals surface area (Å²) in [5, 5.41) is 0. The predicted octanol–water partition coefficient (Wildman–Crippen LogP) is 3.90. The Kier molecular flexibility index (Phi) is 5.09. The van der Waals surface area contributed by atoms with Crippen LogP contribution in [0.5, 0.6) is 0 Å². The molecule has 0 bridgehead atoms. The maximum Gasteiger partial charge on any atom is 0.0398 e. The summed E-state index contributed by atoms with van der Waals surface area (Å²) in [6.45, 7) is 9.21. The van der Waals surface area contributed by atoms with Crippen molar-refractivity contribution < 1.29 is 0 Å². The number of rotatable bonds is 4. The number of aryl methyl sites for hydroxylation is 1. The Balaban J connectivity index is 2.13. The molecule has 2 rings (SSSR count). The molecule has 1 fully saturated rings. The third-order valence-corrected chi connectivity index (χ3v) is 4.69. The van der Waals surface area contributed by atoms with E-state index in [2.05, 4.69) is 62.9 Å². The van der Waals surface area contributed by atoms with Crippen molar-refractivity contribution in [3.8, 4) is 0 Å². The van der Waals surface area contributed by atoms with E-state index in [1.807, 2.05) is 0 Å². The summed E-state index contributed by atoms with van der Waals surface area (Å²) in [6, 6.07) is 7.84. The molecule has 0 unspecified atom stereocenters. The zero-order valence-electron chi connectivity index (χ0n) is 13.8. The summed E-state index contributed by atoms with van der Waals surface area (Å²) in [7, 11) is 4.41. The smallest absolute Gasteiger partial charge is 0.0398 e. The molecule has 0 saturated carbocycles. The van der Waals surface area contributed by atoms with Gasteiger partial charge in [0.25, 0.3) is 0 Å². The summed E-state index contributed by atoms with van der Waals surface area (Å²) >= 11 is 0. The Morgan fingerprint density at radius 1 is 1.20 bits per heavy atom. The van der Waals surface area contributed by atoms with E-state index < -0.39 is 0 Å². The highest BCUT2D eigenvalue weighted by Gasteiger charge is 2.22. The van der Waals surface area contributed by atoms with Gasteiger partial charge >= 0.3 is 0 Å². The van der Waals surface area contributed by atoms with Crippen molar-refractivity contribution in [2.75, 3.05) is 32.1 Å². The van der Waals surface area contributed by atoms with Gasteiger partial charge in [-0.3, -0.25) is 0 Å². The molecule has 0 atom stereocenters. The highest BCUT2D eigenvalue weighted by atomic mass is 15.2. The second-order valence-electron chi connectivity index (χ2n) is 6.58. The number of benzene rings is 1. The second kappa shape index (κ2) is 6.62. The fourth-order valence-electron chi connectivity index (χ4n) is 3.18. The number of piperidine rings is 1. The molecule has 0 aliphatic carbocycles. The normalized spacial score (nSPS) is 17.2. The monoisotopic (exact) mass is 274 g/mol. The molecule has 1 aliphatic rings. The van der Waals surface area contributed by atoms with Crippen molar-refractivity contribution in [1.82, 2.24) is 4.90 Å². The average Bonchev–Trinajstić information content (AvgIpc) is 2.46. The molecule has 0 spiro atoms. The van der Waals surface area contributed by atoms with E-state index in [1.165, 1.54) is 42.7 Å². The van der Waals surface area contributed by atoms with E-state index in [0.717, 1.165) is 12.5 Å². The van der Waals surface area contributed by atoms with Crippen molar-refractivity contribution in [2.24, 2.45) is 0 Å². The van der Waals surface area contributed by atoms with Crippen LogP contribution in [0.1, 0.15) is 50.7 Å². The van der Waals surface area contributed by atoms with Gasteiger partial charge in [0.15, 0.2) is 0 Å². The molecular weight excluding hydrogens is 244 g/mol. The summed E-state index contributed by atoms with van der Waals surface area (Å²) in [5.41, 5.74) is 4.45. The Morgan fingerprint density at radius 3 is 2.35 bits per heavy atom. The Labute approximate surface area is 124 Å². The van der Waals surface area contributed by atoms with Crippen LogP contribution in [0.2, 0.25) is 0 Å². The molecule has 20 heavy (non-hydrogen) atoms. The van der Waals surface area contributed by atoms with E-state index in [0.29, 0.717) is 5.92 Å². The van der Waals surface area contributed by atoms with Crippen molar-refractivity contribution >= 4 is 5.69 Å². The molecule has 2 nitrogen and oxygen atoms in total. The molecule has 1 saturated heterocycles. The standard InChI is InChI=1S/C18H30N2/c1-6-15-13-16(14(2)3)7-8-18(15)20-11-9-17(10-12-20)19(4)5/h7-8,13-14,17H,6,9-12H2,1-5H3. The van der Waals surface area contributed by atoms with Crippen LogP contribution in [-0.4, -0.2) is 38.1 Å². The van der Waals surface area contributed by atoms with Crippen molar-refractivity contribution in [3.63, 3.8) is 0 Å². The summed E-state index contributed by atoms with van der Waals surface area (Å²) in [6.07, 6.45) is 3.69. The van der Waals surface area contributed by atoms with Gasteiger partial charge in [0, 0.05) is 24.8 Å². The molecule has 0 amide bonds. The molecular formula is C18H30N2. The lowest BCUT2D eigenvalue weighted by Crippen LogP contribution is -2.42. The molecule has 0 aromatic heterocycles. The van der Waals surface area contributed by atoms with Crippen LogP contribution in [0.25, 0.3) is 0 Å². The average molecular weight is 274 g/mol. The first-order valence-corrected chi connectivity index (χ1v) is 8.07. The Bertz CT molecular complexity index is 429. The molecule has 0 radical (unpaired) electrons. The molecule has 1 aromatic carbocycles. The van der Waals surface area contributed by atoms with E-state index >= 15 is 0 Å². The minimum atomic E-state index is 0.619. The van der Waals surface area contributed by atoms with Gasteiger partial charge in [-0.2, -0.15) is 0 Å². The van der Waals surface area contributed by atoms with Gasteiger partial charge in [-0.05, 0) is 56.5 Å². The maximum atomic E-state index is 2.59. The van der Waals surface area contributed by atoms with Crippen LogP contribution in [0, 0.1) is 0 Å². The summed E-state index contributed by atoms with van der Waals surface area (Å²) in [5.74, 6) is 0.619. The summed E-state index contributed by atoms with van der Waals surface area (Å²) in [4.78, 5) is 4.96. The van der Waals surface area contributed by atoms with Crippen molar-refractivity contribution in [2.45, 2.75) is 52.0 Å². The lowest BCUT2D eigenvalue weighted by atomic mass is 9.96. The number of hydrogen-bond acceptors (Lipinski definition) is 2. The molecule has 0 N–H and O–H groups in total. The van der Waals surface area contributed by atoms with Crippen molar-refractivity contribution in [3.05, 3.63) is 29.3 Å². The van der Waals surface area contributed by atoms with Gasteiger partial charge < -0.3 is 9.80 Å². The molecule has 1 aliphatic heterocycles. The third-order valence-electron chi connectivity index (χ3n) is 4.69. The lowest BCUT2D eigenvalue weighted by Gasteiger charge is -2.37. The first-order chi connectivity index (χ1) is 9.52. The fourth-order valence-corrected chi connectivity index (χ4v) is 3.18. The minimum Gasteiger partial charge on any atom is -0.371 e. The van der Waals surface area contributed by atoms with Gasteiger partial charge in [0.2, 0.25) is 0 Å². The third kappa shape index (κ3) is 3.35. The van der Waals surface area contributed by atoms with E-state index in [1.54, 1.807) is 0 Å². The van der Waals surface area contributed by atoms with E-state index in [-0.39, 0.29) is 0 Å². The van der Waals surface area contributed by atoms with Crippen molar-refractivity contribution in [1.29, 1.82) is 0 Å². The van der Waals surface area contributed by atoms with Gasteiger partial charge in [-0.1, -0.05) is 32.9 Å². The van der Waals surface area contributed by atoms with Gasteiger partial charge in [0.05, 0.1) is 0 Å². The second-order valence-corrected chi connectivity index (χ2v) is 6.58. The van der Waals surface area contributed by atoms with Gasteiger partial charge in [-0.15, -0.1) is 0 Å². The Morgan fingerprint density at radius 2 is 1.85 bits per heavy atom. The largest absolute Gasteiger partial charge is 0.371 e. The summed E-state index contributed by atoms with van der Waals surface area (Å²) < 4.78 is 0. The minimum absolute atomic E-state index is 0.619. The highest BCUT2D eigenvalue weighted by Crippen LogP contribution is 2.28. The zero-order chi connectivity index (χ0) is 14.7. The lowest BCUT2D eigenvalue weighted by molar-refractivity contribution is 0.249. The van der Waals surface area contributed by atoms with Gasteiger partial charge in [0.1, 0.15) is 0 Å². The first kappa shape index (κ1) is 15.4. The maximum absolute atomic E-state index is 2.59. The van der Waals surface area contributed by atoms with E-state index in [9.17, 15) is 0 Å². The highest BCUT2D eigenvalue weighted by molar-refractivity contribution is 5.56. The van der Waals surface area contributed by atoms with Crippen LogP contribution >= 0.6 is 0 Å². The molecule has 112 valence electrons. The van der Waals surface area contributed by atoms with Crippen LogP contribution in [0.3, 0.4) is 0 Å². The zero-order valence-corrected chi connectivity index (χ0v) is 13.8. The SMILES string of the molecule is CCc1cc(C(C)C)ccc1N1CCC(N(C)C)CC1. The fraction of sp³-hybridized carbons (Fsp3) is 0.667. The number of anilines is 1.